The SMILES string of the molecule is O=C(C=CNc1nc(-c2ccc(OC(F)F)cc2)cs1)C12CC3CC(CC(C3)C1)C2. The number of anilines is 1. The Kier molecular flexibility index (Phi) is 5.09. The third-order valence-corrected chi connectivity index (χ3v) is 7.66. The second-order valence-electron chi connectivity index (χ2n) is 8.98. The Balaban J connectivity index is 1.21. The number of hydrogen-bond donors (Lipinski definition) is 1. The van der Waals surface area contributed by atoms with Crippen LogP contribution in [-0.2, 0) is 4.79 Å². The van der Waals surface area contributed by atoms with Gasteiger partial charge in [-0.1, -0.05) is 0 Å². The number of carbonyl (C=O) groups is 1. The fraction of sp³-hybridized carbons (Fsp3) is 0.478. The van der Waals surface area contributed by atoms with Crippen LogP contribution in [0.15, 0.2) is 41.9 Å². The predicted octanol–water partition coefficient (Wildman–Crippen LogP) is 6.12. The summed E-state index contributed by atoms with van der Waals surface area (Å²) in [4.78, 5) is 17.5. The third kappa shape index (κ3) is 3.87. The van der Waals surface area contributed by atoms with E-state index in [-0.39, 0.29) is 16.9 Å². The van der Waals surface area contributed by atoms with Gasteiger partial charge in [-0.3, -0.25) is 4.79 Å². The molecule has 1 heterocycles. The Bertz CT molecular complexity index is 919. The van der Waals surface area contributed by atoms with Gasteiger partial charge in [0.1, 0.15) is 5.75 Å². The highest BCUT2D eigenvalue weighted by Gasteiger charge is 2.53. The monoisotopic (exact) mass is 430 g/mol. The van der Waals surface area contributed by atoms with Gasteiger partial charge in [-0.15, -0.1) is 11.3 Å². The number of alkyl halides is 2. The lowest BCUT2D eigenvalue weighted by molar-refractivity contribution is -0.138. The van der Waals surface area contributed by atoms with E-state index >= 15 is 0 Å². The van der Waals surface area contributed by atoms with Gasteiger partial charge in [-0.2, -0.15) is 8.78 Å². The van der Waals surface area contributed by atoms with Gasteiger partial charge in [-0.25, -0.2) is 4.98 Å². The van der Waals surface area contributed by atoms with Crippen molar-refractivity contribution in [1.29, 1.82) is 0 Å². The molecule has 0 amide bonds. The number of allylic oxidation sites excluding steroid dienone is 1. The molecule has 4 nitrogen and oxygen atoms in total. The molecule has 6 rings (SSSR count). The molecule has 0 atom stereocenters. The number of ether oxygens (including phenoxy) is 1. The zero-order valence-electron chi connectivity index (χ0n) is 16.5. The van der Waals surface area contributed by atoms with E-state index in [9.17, 15) is 13.6 Å². The van der Waals surface area contributed by atoms with E-state index in [0.29, 0.717) is 5.13 Å². The molecule has 158 valence electrons. The zero-order valence-corrected chi connectivity index (χ0v) is 17.3. The van der Waals surface area contributed by atoms with Gasteiger partial charge in [0, 0.05) is 22.6 Å². The number of halogens is 2. The van der Waals surface area contributed by atoms with Gasteiger partial charge in [-0.05, 0) is 86.6 Å². The smallest absolute Gasteiger partial charge is 0.387 e. The first kappa shape index (κ1) is 19.7. The molecule has 2 aromatic rings. The molecule has 1 aromatic heterocycles. The molecule has 4 bridgehead atoms. The Morgan fingerprint density at radius 3 is 2.37 bits per heavy atom. The average Bonchev–Trinajstić information content (AvgIpc) is 3.16. The van der Waals surface area contributed by atoms with Gasteiger partial charge in [0.05, 0.1) is 5.69 Å². The van der Waals surface area contributed by atoms with Crippen LogP contribution >= 0.6 is 11.3 Å². The van der Waals surface area contributed by atoms with Crippen molar-refractivity contribution in [1.82, 2.24) is 4.98 Å². The molecule has 4 aliphatic rings. The Labute approximate surface area is 178 Å². The van der Waals surface area contributed by atoms with E-state index in [1.807, 2.05) is 5.38 Å². The Morgan fingerprint density at radius 2 is 1.77 bits per heavy atom. The fourth-order valence-electron chi connectivity index (χ4n) is 6.06. The molecule has 1 aromatic carbocycles. The third-order valence-electron chi connectivity index (χ3n) is 6.88. The number of nitrogens with zero attached hydrogens (tertiary/aromatic N) is 1. The van der Waals surface area contributed by atoms with Gasteiger partial charge < -0.3 is 10.1 Å². The minimum atomic E-state index is -2.83. The second kappa shape index (κ2) is 7.76. The molecular formula is C23H24F2N2O2S. The van der Waals surface area contributed by atoms with Crippen molar-refractivity contribution in [3.05, 3.63) is 41.9 Å². The summed E-state index contributed by atoms with van der Waals surface area (Å²) >= 11 is 1.43. The van der Waals surface area contributed by atoms with Crippen LogP contribution in [0.2, 0.25) is 0 Å². The minimum Gasteiger partial charge on any atom is -0.435 e. The molecule has 7 heteroatoms. The molecule has 4 aliphatic carbocycles. The number of ketones is 1. The van der Waals surface area contributed by atoms with Crippen molar-refractivity contribution < 1.29 is 18.3 Å². The summed E-state index contributed by atoms with van der Waals surface area (Å²) in [5.41, 5.74) is 1.43. The molecule has 4 saturated carbocycles. The molecule has 1 N–H and O–H groups in total. The maximum Gasteiger partial charge on any atom is 0.387 e. The summed E-state index contributed by atoms with van der Waals surface area (Å²) < 4.78 is 28.9. The molecule has 30 heavy (non-hydrogen) atoms. The summed E-state index contributed by atoms with van der Waals surface area (Å²) in [5.74, 6) is 2.63. The Hall–Kier alpha value is -2.28. The predicted molar refractivity (Wildman–Crippen MR) is 113 cm³/mol. The number of carbonyl (C=O) groups excluding carboxylic acids is 1. The van der Waals surface area contributed by atoms with Crippen LogP contribution in [0.3, 0.4) is 0 Å². The van der Waals surface area contributed by atoms with Crippen LogP contribution in [0.5, 0.6) is 5.75 Å². The Morgan fingerprint density at radius 1 is 1.13 bits per heavy atom. The van der Waals surface area contributed by atoms with E-state index in [0.717, 1.165) is 48.3 Å². The summed E-state index contributed by atoms with van der Waals surface area (Å²) in [6, 6.07) is 6.39. The van der Waals surface area contributed by atoms with Gasteiger partial charge in [0.25, 0.3) is 0 Å². The minimum absolute atomic E-state index is 0.119. The maximum atomic E-state index is 13.0. The highest BCUT2D eigenvalue weighted by molar-refractivity contribution is 7.14. The number of nitrogens with one attached hydrogen (secondary N) is 1. The van der Waals surface area contributed by atoms with E-state index in [1.54, 1.807) is 24.4 Å². The first-order valence-corrected chi connectivity index (χ1v) is 11.4. The molecule has 0 aliphatic heterocycles. The summed E-state index contributed by atoms with van der Waals surface area (Å²) in [6.45, 7) is -2.83. The first-order valence-electron chi connectivity index (χ1n) is 10.5. The van der Waals surface area contributed by atoms with E-state index in [1.165, 1.54) is 42.7 Å². The summed E-state index contributed by atoms with van der Waals surface area (Å²) in [7, 11) is 0. The molecular weight excluding hydrogens is 406 g/mol. The first-order chi connectivity index (χ1) is 14.5. The zero-order chi connectivity index (χ0) is 20.7. The van der Waals surface area contributed by atoms with Crippen LogP contribution < -0.4 is 10.1 Å². The number of aromatic nitrogens is 1. The summed E-state index contributed by atoms with van der Waals surface area (Å²) in [6.07, 6.45) is 10.6. The maximum absolute atomic E-state index is 13.0. The highest BCUT2D eigenvalue weighted by atomic mass is 32.1. The molecule has 0 spiro atoms. The standard InChI is InChI=1S/C23H24F2N2O2S/c24-21(25)29-18-3-1-17(2-4-18)19-13-30-22(27-19)26-6-5-20(28)23-10-14-7-15(11-23)9-16(8-14)12-23/h1-6,13-16,21H,7-12H2,(H,26,27). The van der Waals surface area contributed by atoms with Crippen molar-refractivity contribution in [2.45, 2.75) is 45.1 Å². The normalized spacial score (nSPS) is 29.6. The van der Waals surface area contributed by atoms with E-state index in [4.69, 9.17) is 0 Å². The lowest BCUT2D eigenvalue weighted by Crippen LogP contribution is -2.49. The van der Waals surface area contributed by atoms with Crippen molar-refractivity contribution in [3.8, 4) is 17.0 Å². The topological polar surface area (TPSA) is 51.2 Å². The number of rotatable bonds is 7. The number of hydrogen-bond acceptors (Lipinski definition) is 5. The average molecular weight is 431 g/mol. The van der Waals surface area contributed by atoms with Crippen molar-refractivity contribution in [3.63, 3.8) is 0 Å². The summed E-state index contributed by atoms with van der Waals surface area (Å²) in [5, 5.41) is 5.69. The van der Waals surface area contributed by atoms with Crippen molar-refractivity contribution in [2.24, 2.45) is 23.2 Å². The van der Waals surface area contributed by atoms with E-state index in [2.05, 4.69) is 15.0 Å². The van der Waals surface area contributed by atoms with Crippen LogP contribution in [0.1, 0.15) is 38.5 Å². The van der Waals surface area contributed by atoms with Crippen molar-refractivity contribution >= 4 is 22.3 Å². The highest BCUT2D eigenvalue weighted by Crippen LogP contribution is 2.60. The fourth-order valence-corrected chi connectivity index (χ4v) is 6.76. The van der Waals surface area contributed by atoms with Crippen LogP contribution in [0.25, 0.3) is 11.3 Å². The second-order valence-corrected chi connectivity index (χ2v) is 9.84. The lowest BCUT2D eigenvalue weighted by Gasteiger charge is -2.55. The van der Waals surface area contributed by atoms with Gasteiger partial charge >= 0.3 is 6.61 Å². The molecule has 0 unspecified atom stereocenters. The molecule has 4 fully saturated rings. The number of thiazole rings is 1. The quantitative estimate of drug-likeness (QED) is 0.538. The largest absolute Gasteiger partial charge is 0.435 e. The van der Waals surface area contributed by atoms with E-state index < -0.39 is 6.61 Å². The van der Waals surface area contributed by atoms with Crippen LogP contribution in [0, 0.1) is 23.2 Å². The molecule has 0 saturated heterocycles. The molecule has 0 radical (unpaired) electrons. The van der Waals surface area contributed by atoms with Gasteiger partial charge in [0.15, 0.2) is 10.9 Å². The van der Waals surface area contributed by atoms with Crippen molar-refractivity contribution in [2.75, 3.05) is 5.32 Å². The van der Waals surface area contributed by atoms with Crippen LogP contribution in [0.4, 0.5) is 13.9 Å². The van der Waals surface area contributed by atoms with Crippen LogP contribution in [-0.4, -0.2) is 17.4 Å². The number of benzene rings is 1. The lowest BCUT2D eigenvalue weighted by atomic mass is 9.48. The van der Waals surface area contributed by atoms with Gasteiger partial charge in [0.2, 0.25) is 0 Å².